The molecule has 0 fully saturated rings. The summed E-state index contributed by atoms with van der Waals surface area (Å²) in [7, 11) is 3.13. The number of ether oxygens (including phenoxy) is 1. The molecule has 6 nitrogen and oxygen atoms in total. The Labute approximate surface area is 221 Å². The highest BCUT2D eigenvalue weighted by Crippen LogP contribution is 2.24. The standard InChI is InChI=1S/C30H29N3O3S/c1-5-37-29(31-3)25-10-6-8-21(18-25)19-33-17-16-23-9-7-11-26(27(23)33)28(34)32-20(2)22-12-14-24(15-13-22)30(35)36-4/h5-18,20H,1,19H2,2-4H3,(H,32,34)/t20-/m0/s1. The van der Waals surface area contributed by atoms with E-state index in [2.05, 4.69) is 33.6 Å². The number of nitrogens with zero attached hydrogens (tertiary/aromatic N) is 2. The van der Waals surface area contributed by atoms with Crippen molar-refractivity contribution in [2.75, 3.05) is 14.2 Å². The summed E-state index contributed by atoms with van der Waals surface area (Å²) in [6.07, 6.45) is 2.01. The molecule has 0 unspecified atom stereocenters. The minimum Gasteiger partial charge on any atom is -0.465 e. The van der Waals surface area contributed by atoms with Crippen LogP contribution in [0.3, 0.4) is 0 Å². The normalized spacial score (nSPS) is 12.2. The van der Waals surface area contributed by atoms with Gasteiger partial charge in [0.2, 0.25) is 0 Å². The first-order valence-corrected chi connectivity index (χ1v) is 12.7. The summed E-state index contributed by atoms with van der Waals surface area (Å²) in [6.45, 7) is 6.33. The number of carbonyl (C=O) groups excluding carboxylic acids is 2. The lowest BCUT2D eigenvalue weighted by Crippen LogP contribution is -2.27. The molecule has 1 N–H and O–H groups in total. The number of amides is 1. The number of para-hydroxylation sites is 1. The largest absolute Gasteiger partial charge is 0.465 e. The lowest BCUT2D eigenvalue weighted by Gasteiger charge is -2.16. The van der Waals surface area contributed by atoms with Gasteiger partial charge >= 0.3 is 5.97 Å². The molecule has 1 heterocycles. The first kappa shape index (κ1) is 26.0. The van der Waals surface area contributed by atoms with Crippen LogP contribution in [0.5, 0.6) is 0 Å². The van der Waals surface area contributed by atoms with Gasteiger partial charge in [-0.2, -0.15) is 0 Å². The van der Waals surface area contributed by atoms with E-state index in [4.69, 9.17) is 4.74 Å². The Balaban J connectivity index is 1.58. The molecule has 4 rings (SSSR count). The van der Waals surface area contributed by atoms with Crippen LogP contribution in [0.4, 0.5) is 0 Å². The molecular formula is C30H29N3O3S. The van der Waals surface area contributed by atoms with Crippen LogP contribution in [0.1, 0.15) is 50.4 Å². The SMILES string of the molecule is C=CSC(=NC)c1cccc(Cn2ccc3cccc(C(=O)N[C@@H](C)c4ccc(C(=O)OC)cc4)c32)c1. The quantitative estimate of drug-likeness (QED) is 0.173. The van der Waals surface area contributed by atoms with Gasteiger partial charge in [-0.05, 0) is 53.8 Å². The van der Waals surface area contributed by atoms with Crippen LogP contribution in [0.15, 0.2) is 96.0 Å². The van der Waals surface area contributed by atoms with Crippen molar-refractivity contribution >= 4 is 39.6 Å². The van der Waals surface area contributed by atoms with Gasteiger partial charge in [-0.1, -0.05) is 60.8 Å². The molecule has 0 aliphatic rings. The minimum atomic E-state index is -0.390. The highest BCUT2D eigenvalue weighted by Gasteiger charge is 2.17. The predicted molar refractivity (Wildman–Crippen MR) is 151 cm³/mol. The van der Waals surface area contributed by atoms with Crippen molar-refractivity contribution in [3.63, 3.8) is 0 Å². The van der Waals surface area contributed by atoms with Crippen LogP contribution >= 0.6 is 11.8 Å². The number of esters is 1. The predicted octanol–water partition coefficient (Wildman–Crippen LogP) is 6.22. The van der Waals surface area contributed by atoms with E-state index in [1.807, 2.05) is 61.7 Å². The average Bonchev–Trinajstić information content (AvgIpc) is 3.34. The van der Waals surface area contributed by atoms with Gasteiger partial charge < -0.3 is 14.6 Å². The summed E-state index contributed by atoms with van der Waals surface area (Å²) < 4.78 is 6.86. The maximum atomic E-state index is 13.4. The van der Waals surface area contributed by atoms with Gasteiger partial charge in [-0.25, -0.2) is 4.79 Å². The lowest BCUT2D eigenvalue weighted by molar-refractivity contribution is 0.0600. The summed E-state index contributed by atoms with van der Waals surface area (Å²) in [4.78, 5) is 29.5. The zero-order valence-corrected chi connectivity index (χ0v) is 21.9. The van der Waals surface area contributed by atoms with E-state index in [0.717, 1.165) is 32.6 Å². The molecule has 1 atom stereocenters. The number of aliphatic imine (C=N–C) groups is 1. The van der Waals surface area contributed by atoms with E-state index in [0.29, 0.717) is 17.7 Å². The number of hydrogen-bond acceptors (Lipinski definition) is 5. The van der Waals surface area contributed by atoms with Gasteiger partial charge in [0.15, 0.2) is 0 Å². The first-order valence-electron chi connectivity index (χ1n) is 11.9. The Morgan fingerprint density at radius 3 is 2.54 bits per heavy atom. The van der Waals surface area contributed by atoms with E-state index in [-0.39, 0.29) is 17.9 Å². The first-order chi connectivity index (χ1) is 17.9. The number of fused-ring (bicyclic) bond motifs is 1. The zero-order chi connectivity index (χ0) is 26.4. The molecule has 37 heavy (non-hydrogen) atoms. The maximum Gasteiger partial charge on any atom is 0.337 e. The van der Waals surface area contributed by atoms with Gasteiger partial charge in [0.25, 0.3) is 5.91 Å². The fourth-order valence-electron chi connectivity index (χ4n) is 4.29. The number of thioether (sulfide) groups is 1. The number of methoxy groups -OCH3 is 1. The molecule has 4 aromatic rings. The maximum absolute atomic E-state index is 13.4. The second kappa shape index (κ2) is 11.8. The van der Waals surface area contributed by atoms with Crippen molar-refractivity contribution in [2.45, 2.75) is 19.5 Å². The molecule has 0 saturated carbocycles. The molecule has 0 radical (unpaired) electrons. The molecule has 0 aliphatic carbocycles. The monoisotopic (exact) mass is 511 g/mol. The van der Waals surface area contributed by atoms with Crippen LogP contribution in [0.2, 0.25) is 0 Å². The molecule has 0 bridgehead atoms. The summed E-state index contributed by atoms with van der Waals surface area (Å²) in [5.74, 6) is -0.550. The van der Waals surface area contributed by atoms with Gasteiger partial charge in [-0.3, -0.25) is 9.79 Å². The number of carbonyl (C=O) groups is 2. The molecule has 188 valence electrons. The van der Waals surface area contributed by atoms with Gasteiger partial charge in [0.05, 0.1) is 29.8 Å². The van der Waals surface area contributed by atoms with Crippen LogP contribution in [0.25, 0.3) is 10.9 Å². The average molecular weight is 512 g/mol. The fraction of sp³-hybridized carbons (Fsp3) is 0.167. The number of hydrogen-bond donors (Lipinski definition) is 1. The molecule has 0 spiro atoms. The van der Waals surface area contributed by atoms with Crippen molar-refractivity contribution in [3.8, 4) is 0 Å². The number of aromatic nitrogens is 1. The van der Waals surface area contributed by atoms with Crippen molar-refractivity contribution < 1.29 is 14.3 Å². The third-order valence-electron chi connectivity index (χ3n) is 6.14. The Bertz CT molecular complexity index is 1470. The van der Waals surface area contributed by atoms with Crippen LogP contribution in [-0.2, 0) is 11.3 Å². The van der Waals surface area contributed by atoms with Crippen molar-refractivity contribution in [2.24, 2.45) is 4.99 Å². The Hall–Kier alpha value is -4.10. The van der Waals surface area contributed by atoms with Gasteiger partial charge in [0.1, 0.15) is 5.04 Å². The zero-order valence-electron chi connectivity index (χ0n) is 21.1. The molecule has 0 aliphatic heterocycles. The molecule has 3 aromatic carbocycles. The minimum absolute atomic E-state index is 0.161. The summed E-state index contributed by atoms with van der Waals surface area (Å²) in [5, 5.41) is 6.77. The highest BCUT2D eigenvalue weighted by atomic mass is 32.2. The van der Waals surface area contributed by atoms with Crippen LogP contribution < -0.4 is 5.32 Å². The van der Waals surface area contributed by atoms with E-state index in [1.54, 1.807) is 24.6 Å². The fourth-order valence-corrected chi connectivity index (χ4v) is 4.81. The van der Waals surface area contributed by atoms with E-state index >= 15 is 0 Å². The molecule has 7 heteroatoms. The second-order valence-electron chi connectivity index (χ2n) is 8.51. The van der Waals surface area contributed by atoms with Crippen molar-refractivity contribution in [3.05, 3.63) is 119 Å². The smallest absolute Gasteiger partial charge is 0.337 e. The summed E-state index contributed by atoms with van der Waals surface area (Å²) in [5.41, 5.74) is 4.99. The van der Waals surface area contributed by atoms with E-state index in [1.165, 1.54) is 18.9 Å². The lowest BCUT2D eigenvalue weighted by atomic mass is 10.0. The molecular weight excluding hydrogens is 482 g/mol. The van der Waals surface area contributed by atoms with Crippen LogP contribution in [0, 0.1) is 0 Å². The van der Waals surface area contributed by atoms with Gasteiger partial charge in [0, 0.05) is 30.7 Å². The van der Waals surface area contributed by atoms with Crippen molar-refractivity contribution in [1.29, 1.82) is 0 Å². The molecule has 0 saturated heterocycles. The van der Waals surface area contributed by atoms with Crippen molar-refractivity contribution in [1.82, 2.24) is 9.88 Å². The van der Waals surface area contributed by atoms with E-state index < -0.39 is 0 Å². The summed E-state index contributed by atoms with van der Waals surface area (Å²) >= 11 is 1.49. The van der Waals surface area contributed by atoms with Crippen LogP contribution in [-0.4, -0.2) is 35.6 Å². The number of nitrogens with one attached hydrogen (secondary N) is 1. The Morgan fingerprint density at radius 2 is 1.84 bits per heavy atom. The third kappa shape index (κ3) is 5.84. The topological polar surface area (TPSA) is 72.7 Å². The van der Waals surface area contributed by atoms with Gasteiger partial charge in [-0.15, -0.1) is 0 Å². The Morgan fingerprint density at radius 1 is 1.08 bits per heavy atom. The third-order valence-corrected chi connectivity index (χ3v) is 6.95. The second-order valence-corrected chi connectivity index (χ2v) is 9.47. The van der Waals surface area contributed by atoms with E-state index in [9.17, 15) is 9.59 Å². The molecule has 1 amide bonds. The number of rotatable bonds is 8. The summed E-state index contributed by atoms with van der Waals surface area (Å²) in [6, 6.07) is 22.8. The number of benzene rings is 3. The molecule has 1 aromatic heterocycles. The highest BCUT2D eigenvalue weighted by molar-refractivity contribution is 8.16. The Kier molecular flexibility index (Phi) is 8.25.